The molecule has 1 aliphatic carbocycles. The lowest BCUT2D eigenvalue weighted by Crippen LogP contribution is -2.42. The van der Waals surface area contributed by atoms with E-state index in [-0.39, 0.29) is 5.54 Å². The summed E-state index contributed by atoms with van der Waals surface area (Å²) in [6.07, 6.45) is 4.09. The van der Waals surface area contributed by atoms with Crippen LogP contribution >= 0.6 is 27.7 Å². The second kappa shape index (κ2) is 6.78. The standard InChI is InChI=1S/C15H19BrN2S/c1-2-9-18-15(11-17)8-7-12(10-15)19-14-6-4-3-5-13(14)16/h3-6,12,18H,2,7-10H2,1H3. The molecule has 4 heteroatoms. The van der Waals surface area contributed by atoms with E-state index in [1.165, 1.54) is 4.90 Å². The van der Waals surface area contributed by atoms with Gasteiger partial charge in [0, 0.05) is 14.6 Å². The minimum Gasteiger partial charge on any atom is -0.299 e. The smallest absolute Gasteiger partial charge is 0.107 e. The highest BCUT2D eigenvalue weighted by atomic mass is 79.9. The van der Waals surface area contributed by atoms with E-state index in [0.29, 0.717) is 5.25 Å². The molecule has 1 aromatic carbocycles. The molecule has 1 aliphatic rings. The van der Waals surface area contributed by atoms with E-state index in [1.54, 1.807) is 0 Å². The average Bonchev–Trinajstić information content (AvgIpc) is 2.83. The van der Waals surface area contributed by atoms with Gasteiger partial charge in [-0.2, -0.15) is 5.26 Å². The molecule has 1 saturated carbocycles. The first-order valence-electron chi connectivity index (χ1n) is 6.76. The van der Waals surface area contributed by atoms with Crippen LogP contribution in [-0.4, -0.2) is 17.3 Å². The van der Waals surface area contributed by atoms with Crippen molar-refractivity contribution in [2.75, 3.05) is 6.54 Å². The maximum absolute atomic E-state index is 9.45. The Morgan fingerprint density at radius 1 is 1.53 bits per heavy atom. The maximum atomic E-state index is 9.45. The van der Waals surface area contributed by atoms with Gasteiger partial charge < -0.3 is 0 Å². The number of nitrogens with one attached hydrogen (secondary N) is 1. The van der Waals surface area contributed by atoms with E-state index in [0.717, 1.165) is 36.7 Å². The normalized spacial score (nSPS) is 26.3. The Balaban J connectivity index is 1.98. The lowest BCUT2D eigenvalue weighted by Gasteiger charge is -2.22. The molecule has 0 heterocycles. The van der Waals surface area contributed by atoms with Crippen LogP contribution in [0.3, 0.4) is 0 Å². The van der Waals surface area contributed by atoms with Crippen LogP contribution in [0.25, 0.3) is 0 Å². The minimum absolute atomic E-state index is 0.297. The molecule has 0 aliphatic heterocycles. The van der Waals surface area contributed by atoms with Crippen molar-refractivity contribution < 1.29 is 0 Å². The quantitative estimate of drug-likeness (QED) is 0.866. The molecule has 0 bridgehead atoms. The van der Waals surface area contributed by atoms with Gasteiger partial charge in [0.05, 0.1) is 6.07 Å². The Labute approximate surface area is 128 Å². The van der Waals surface area contributed by atoms with Crippen LogP contribution in [0.5, 0.6) is 0 Å². The number of hydrogen-bond acceptors (Lipinski definition) is 3. The van der Waals surface area contributed by atoms with E-state index >= 15 is 0 Å². The van der Waals surface area contributed by atoms with E-state index in [4.69, 9.17) is 0 Å². The summed E-state index contributed by atoms with van der Waals surface area (Å²) >= 11 is 5.48. The highest BCUT2D eigenvalue weighted by Gasteiger charge is 2.39. The second-order valence-corrected chi connectivity index (χ2v) is 7.23. The van der Waals surface area contributed by atoms with Crippen LogP contribution in [0.2, 0.25) is 0 Å². The first-order chi connectivity index (χ1) is 9.19. The minimum atomic E-state index is -0.297. The van der Waals surface area contributed by atoms with Gasteiger partial charge in [0.25, 0.3) is 0 Å². The summed E-state index contributed by atoms with van der Waals surface area (Å²) in [5.41, 5.74) is -0.297. The van der Waals surface area contributed by atoms with Crippen LogP contribution in [0, 0.1) is 11.3 Å². The molecule has 0 saturated heterocycles. The number of rotatable bonds is 5. The maximum Gasteiger partial charge on any atom is 0.107 e. The third kappa shape index (κ3) is 3.75. The fourth-order valence-electron chi connectivity index (χ4n) is 2.49. The lowest BCUT2D eigenvalue weighted by atomic mass is 10.00. The third-order valence-electron chi connectivity index (χ3n) is 3.53. The van der Waals surface area contributed by atoms with Crippen molar-refractivity contribution in [2.45, 2.75) is 48.3 Å². The zero-order valence-electron chi connectivity index (χ0n) is 11.2. The Morgan fingerprint density at radius 3 is 3.00 bits per heavy atom. The molecule has 1 fully saturated rings. The summed E-state index contributed by atoms with van der Waals surface area (Å²) in [6, 6.07) is 10.8. The van der Waals surface area contributed by atoms with Crippen LogP contribution in [0.1, 0.15) is 32.6 Å². The fourth-order valence-corrected chi connectivity index (χ4v) is 4.35. The predicted molar refractivity (Wildman–Crippen MR) is 84.3 cm³/mol. The van der Waals surface area contributed by atoms with Gasteiger partial charge in [0.1, 0.15) is 5.54 Å². The molecular formula is C15H19BrN2S. The number of hydrogen-bond donors (Lipinski definition) is 1. The molecule has 2 nitrogen and oxygen atoms in total. The molecular weight excluding hydrogens is 320 g/mol. The number of nitriles is 1. The van der Waals surface area contributed by atoms with Gasteiger partial charge in [-0.05, 0) is 60.3 Å². The van der Waals surface area contributed by atoms with Gasteiger partial charge in [0.2, 0.25) is 0 Å². The summed E-state index contributed by atoms with van der Waals surface area (Å²) in [7, 11) is 0. The largest absolute Gasteiger partial charge is 0.299 e. The third-order valence-corrected chi connectivity index (χ3v) is 5.83. The Morgan fingerprint density at radius 2 is 2.32 bits per heavy atom. The topological polar surface area (TPSA) is 35.8 Å². The van der Waals surface area contributed by atoms with Crippen LogP contribution in [0.15, 0.2) is 33.6 Å². The number of thioether (sulfide) groups is 1. The number of halogens is 1. The van der Waals surface area contributed by atoms with Gasteiger partial charge in [0.15, 0.2) is 0 Å². The zero-order chi connectivity index (χ0) is 13.7. The van der Waals surface area contributed by atoms with Gasteiger partial charge in [-0.15, -0.1) is 11.8 Å². The second-order valence-electron chi connectivity index (χ2n) is 5.03. The monoisotopic (exact) mass is 338 g/mol. The molecule has 1 N–H and O–H groups in total. The highest BCUT2D eigenvalue weighted by molar-refractivity contribution is 9.10. The molecule has 1 aromatic rings. The fraction of sp³-hybridized carbons (Fsp3) is 0.533. The van der Waals surface area contributed by atoms with Gasteiger partial charge in [-0.1, -0.05) is 19.1 Å². The molecule has 2 unspecified atom stereocenters. The molecule has 0 aromatic heterocycles. The summed E-state index contributed by atoms with van der Waals surface area (Å²) < 4.78 is 1.15. The molecule has 0 radical (unpaired) electrons. The van der Waals surface area contributed by atoms with Gasteiger partial charge in [-0.3, -0.25) is 5.32 Å². The summed E-state index contributed by atoms with van der Waals surface area (Å²) in [5, 5.41) is 13.4. The van der Waals surface area contributed by atoms with Crippen LogP contribution in [-0.2, 0) is 0 Å². The van der Waals surface area contributed by atoms with Crippen LogP contribution < -0.4 is 5.32 Å². The lowest BCUT2D eigenvalue weighted by molar-refractivity contribution is 0.424. The molecule has 2 atom stereocenters. The molecule has 0 spiro atoms. The first kappa shape index (κ1) is 14.9. The van der Waals surface area contributed by atoms with Crippen molar-refractivity contribution in [3.05, 3.63) is 28.7 Å². The van der Waals surface area contributed by atoms with Crippen molar-refractivity contribution in [1.29, 1.82) is 5.26 Å². The van der Waals surface area contributed by atoms with E-state index in [2.05, 4.69) is 52.4 Å². The first-order valence-corrected chi connectivity index (χ1v) is 8.44. The van der Waals surface area contributed by atoms with Crippen molar-refractivity contribution in [3.8, 4) is 6.07 Å². The average molecular weight is 339 g/mol. The summed E-state index contributed by atoms with van der Waals surface area (Å²) in [5.74, 6) is 0. The Kier molecular flexibility index (Phi) is 5.32. The summed E-state index contributed by atoms with van der Waals surface area (Å²) in [4.78, 5) is 1.27. The molecule has 0 amide bonds. The molecule has 102 valence electrons. The Bertz CT molecular complexity index is 471. The van der Waals surface area contributed by atoms with E-state index < -0.39 is 0 Å². The SMILES string of the molecule is CCCNC1(C#N)CCC(Sc2ccccc2Br)C1. The van der Waals surface area contributed by atoms with Gasteiger partial charge in [-0.25, -0.2) is 0 Å². The van der Waals surface area contributed by atoms with Gasteiger partial charge >= 0.3 is 0 Å². The highest BCUT2D eigenvalue weighted by Crippen LogP contribution is 2.41. The molecule has 2 rings (SSSR count). The number of nitrogens with zero attached hydrogens (tertiary/aromatic N) is 1. The van der Waals surface area contributed by atoms with Crippen LogP contribution in [0.4, 0.5) is 0 Å². The van der Waals surface area contributed by atoms with E-state index in [9.17, 15) is 5.26 Å². The van der Waals surface area contributed by atoms with Crippen molar-refractivity contribution >= 4 is 27.7 Å². The van der Waals surface area contributed by atoms with Crippen molar-refractivity contribution in [2.24, 2.45) is 0 Å². The zero-order valence-corrected chi connectivity index (χ0v) is 13.6. The molecule has 19 heavy (non-hydrogen) atoms. The van der Waals surface area contributed by atoms with Crippen molar-refractivity contribution in [1.82, 2.24) is 5.32 Å². The van der Waals surface area contributed by atoms with Crippen molar-refractivity contribution in [3.63, 3.8) is 0 Å². The number of benzene rings is 1. The Hall–Kier alpha value is -0.500. The predicted octanol–water partition coefficient (Wildman–Crippen LogP) is 4.36. The summed E-state index contributed by atoms with van der Waals surface area (Å²) in [6.45, 7) is 3.07. The van der Waals surface area contributed by atoms with E-state index in [1.807, 2.05) is 17.8 Å².